The SMILES string of the molecule is COC(c1ccc(C(F)(F)F)cc1CN1[C@@H](C)[C@@H](c2cc(C)cc(C(F)(F)F)c2)NS1(=O)=O)C1CCCCC1. The van der Waals surface area contributed by atoms with Gasteiger partial charge in [-0.2, -0.15) is 43.8 Å². The smallest absolute Gasteiger partial charge is 0.376 e. The number of alkyl halides is 6. The third-order valence-corrected chi connectivity index (χ3v) is 9.37. The van der Waals surface area contributed by atoms with Crippen molar-refractivity contribution in [2.45, 2.75) is 83.0 Å². The Morgan fingerprint density at radius 2 is 1.62 bits per heavy atom. The summed E-state index contributed by atoms with van der Waals surface area (Å²) in [6.45, 7) is 2.62. The van der Waals surface area contributed by atoms with Gasteiger partial charge in [0, 0.05) is 19.7 Å². The van der Waals surface area contributed by atoms with Crippen LogP contribution in [-0.4, -0.2) is 25.9 Å². The van der Waals surface area contributed by atoms with E-state index in [2.05, 4.69) is 4.72 Å². The Kier molecular flexibility index (Phi) is 8.43. The van der Waals surface area contributed by atoms with Crippen LogP contribution in [0.5, 0.6) is 0 Å². The molecule has 0 amide bonds. The average molecular weight is 579 g/mol. The molecule has 4 rings (SSSR count). The first-order chi connectivity index (χ1) is 18.1. The lowest BCUT2D eigenvalue weighted by atomic mass is 9.81. The lowest BCUT2D eigenvalue weighted by molar-refractivity contribution is -0.138. The van der Waals surface area contributed by atoms with Crippen molar-refractivity contribution in [2.75, 3.05) is 7.11 Å². The number of hydrogen-bond donors (Lipinski definition) is 1. The van der Waals surface area contributed by atoms with Crippen molar-refractivity contribution in [2.24, 2.45) is 5.92 Å². The molecule has 39 heavy (non-hydrogen) atoms. The van der Waals surface area contributed by atoms with Crippen LogP contribution in [0, 0.1) is 12.8 Å². The van der Waals surface area contributed by atoms with Crippen LogP contribution < -0.4 is 4.72 Å². The molecule has 0 bridgehead atoms. The van der Waals surface area contributed by atoms with E-state index in [1.54, 1.807) is 0 Å². The summed E-state index contributed by atoms with van der Waals surface area (Å²) in [5.74, 6) is 0.0748. The number of rotatable bonds is 6. The van der Waals surface area contributed by atoms with Crippen molar-refractivity contribution in [1.82, 2.24) is 9.03 Å². The molecule has 3 atom stereocenters. The van der Waals surface area contributed by atoms with Gasteiger partial charge in [-0.05, 0) is 73.6 Å². The topological polar surface area (TPSA) is 58.6 Å². The molecule has 1 unspecified atom stereocenters. The lowest BCUT2D eigenvalue weighted by Gasteiger charge is -2.32. The summed E-state index contributed by atoms with van der Waals surface area (Å²) < 4.78 is 117. The molecule has 2 aromatic rings. The summed E-state index contributed by atoms with van der Waals surface area (Å²) in [5.41, 5.74) is -0.749. The van der Waals surface area contributed by atoms with Gasteiger partial charge in [0.15, 0.2) is 0 Å². The Morgan fingerprint density at radius 3 is 2.21 bits per heavy atom. The highest BCUT2D eigenvalue weighted by molar-refractivity contribution is 7.87. The lowest BCUT2D eigenvalue weighted by Crippen LogP contribution is -2.34. The summed E-state index contributed by atoms with van der Waals surface area (Å²) >= 11 is 0. The maximum absolute atomic E-state index is 13.7. The van der Waals surface area contributed by atoms with E-state index in [1.807, 2.05) is 0 Å². The number of methoxy groups -OCH3 is 1. The fourth-order valence-corrected chi connectivity index (χ4v) is 7.48. The normalized spacial score (nSPS) is 23.7. The second-order valence-electron chi connectivity index (χ2n) is 10.5. The number of ether oxygens (including phenoxy) is 1. The van der Waals surface area contributed by atoms with Crippen molar-refractivity contribution in [3.05, 3.63) is 69.8 Å². The Balaban J connectivity index is 1.73. The van der Waals surface area contributed by atoms with E-state index in [0.29, 0.717) is 11.1 Å². The van der Waals surface area contributed by atoms with Crippen molar-refractivity contribution in [1.29, 1.82) is 0 Å². The van der Waals surface area contributed by atoms with Gasteiger partial charge in [0.05, 0.1) is 23.3 Å². The van der Waals surface area contributed by atoms with Gasteiger partial charge < -0.3 is 4.74 Å². The van der Waals surface area contributed by atoms with Crippen LogP contribution in [0.1, 0.15) is 84.6 Å². The first-order valence-electron chi connectivity index (χ1n) is 12.8. The molecule has 1 saturated carbocycles. The van der Waals surface area contributed by atoms with Crippen molar-refractivity contribution in [3.8, 4) is 0 Å². The zero-order valence-electron chi connectivity index (χ0n) is 21.9. The van der Waals surface area contributed by atoms with Gasteiger partial charge in [-0.3, -0.25) is 0 Å². The van der Waals surface area contributed by atoms with E-state index in [4.69, 9.17) is 4.74 Å². The van der Waals surface area contributed by atoms with Gasteiger partial charge in [0.1, 0.15) is 0 Å². The number of nitrogens with one attached hydrogen (secondary N) is 1. The van der Waals surface area contributed by atoms with Crippen LogP contribution in [0.15, 0.2) is 36.4 Å². The summed E-state index contributed by atoms with van der Waals surface area (Å²) in [6, 6.07) is 4.73. The minimum atomic E-state index is -4.65. The molecular weight excluding hydrogens is 546 g/mol. The number of benzene rings is 2. The van der Waals surface area contributed by atoms with E-state index >= 15 is 0 Å². The van der Waals surface area contributed by atoms with Gasteiger partial charge in [-0.25, -0.2) is 0 Å². The second kappa shape index (κ2) is 11.0. The highest BCUT2D eigenvalue weighted by atomic mass is 32.2. The second-order valence-corrected chi connectivity index (χ2v) is 12.1. The zero-order valence-corrected chi connectivity index (χ0v) is 22.7. The number of nitrogens with zero attached hydrogens (tertiary/aromatic N) is 1. The molecule has 2 fully saturated rings. The van der Waals surface area contributed by atoms with Crippen LogP contribution in [0.4, 0.5) is 26.3 Å². The zero-order chi connectivity index (χ0) is 28.8. The maximum atomic E-state index is 13.7. The fourth-order valence-electron chi connectivity index (χ4n) is 5.82. The van der Waals surface area contributed by atoms with Crippen molar-refractivity contribution < 1.29 is 39.5 Å². The Hall–Kier alpha value is -2.15. The van der Waals surface area contributed by atoms with Crippen LogP contribution >= 0.6 is 0 Å². The molecule has 5 nitrogen and oxygen atoms in total. The minimum absolute atomic E-state index is 0.0748. The van der Waals surface area contributed by atoms with Crippen molar-refractivity contribution in [3.63, 3.8) is 0 Å². The summed E-state index contributed by atoms with van der Waals surface area (Å²) in [5, 5.41) is 0. The third kappa shape index (κ3) is 6.44. The Morgan fingerprint density at radius 1 is 0.974 bits per heavy atom. The molecule has 12 heteroatoms. The molecule has 1 N–H and O–H groups in total. The minimum Gasteiger partial charge on any atom is -0.376 e. The van der Waals surface area contributed by atoms with Crippen LogP contribution in [0.2, 0.25) is 0 Å². The maximum Gasteiger partial charge on any atom is 0.416 e. The van der Waals surface area contributed by atoms with Crippen LogP contribution in [0.3, 0.4) is 0 Å². The molecule has 1 aliphatic carbocycles. The molecule has 1 saturated heterocycles. The van der Waals surface area contributed by atoms with Crippen LogP contribution in [-0.2, 0) is 33.8 Å². The van der Waals surface area contributed by atoms with Crippen LogP contribution in [0.25, 0.3) is 0 Å². The summed E-state index contributed by atoms with van der Waals surface area (Å²) in [4.78, 5) is 0. The molecule has 2 aliphatic rings. The number of halogens is 6. The first-order valence-corrected chi connectivity index (χ1v) is 14.3. The Labute approximate surface area is 224 Å². The van der Waals surface area contributed by atoms with E-state index in [-0.39, 0.29) is 17.0 Å². The Bertz CT molecular complexity index is 1290. The van der Waals surface area contributed by atoms with Gasteiger partial charge in [-0.15, -0.1) is 0 Å². The predicted molar refractivity (Wildman–Crippen MR) is 134 cm³/mol. The highest BCUT2D eigenvalue weighted by Crippen LogP contribution is 2.42. The average Bonchev–Trinajstić information content (AvgIpc) is 3.08. The van der Waals surface area contributed by atoms with Gasteiger partial charge in [0.25, 0.3) is 10.2 Å². The summed E-state index contributed by atoms with van der Waals surface area (Å²) in [7, 11) is -2.75. The molecule has 1 heterocycles. The third-order valence-electron chi connectivity index (χ3n) is 7.74. The van der Waals surface area contributed by atoms with E-state index < -0.39 is 58.4 Å². The molecule has 0 spiro atoms. The molecule has 1 aliphatic heterocycles. The monoisotopic (exact) mass is 578 g/mol. The fraction of sp³-hybridized carbons (Fsp3) is 0.556. The molecule has 0 aromatic heterocycles. The van der Waals surface area contributed by atoms with Gasteiger partial charge in [0.2, 0.25) is 0 Å². The van der Waals surface area contributed by atoms with E-state index in [1.165, 1.54) is 33.1 Å². The van der Waals surface area contributed by atoms with E-state index in [0.717, 1.165) is 60.7 Å². The van der Waals surface area contributed by atoms with Crippen molar-refractivity contribution >= 4 is 10.2 Å². The molecule has 0 radical (unpaired) electrons. The standard InChI is InChI=1S/C27H32F6N2O3S/c1-16-11-19(13-22(12-16)27(31,32)33)24-17(2)35(39(36,37)34-24)15-20-14-21(26(28,29)30)9-10-23(20)25(38-3)18-7-5-4-6-8-18/h9-14,17-18,24-25,34H,4-8,15H2,1-3H3/t17-,24-,25?/m0/s1. The van der Waals surface area contributed by atoms with Gasteiger partial charge in [-0.1, -0.05) is 37.0 Å². The number of aryl methyl sites for hydroxylation is 1. The highest BCUT2D eigenvalue weighted by Gasteiger charge is 2.44. The first kappa shape index (κ1) is 29.8. The van der Waals surface area contributed by atoms with Gasteiger partial charge >= 0.3 is 12.4 Å². The number of hydrogen-bond acceptors (Lipinski definition) is 3. The summed E-state index contributed by atoms with van der Waals surface area (Å²) in [6.07, 6.45) is -5.09. The quantitative estimate of drug-likeness (QED) is 0.373. The molecule has 216 valence electrons. The predicted octanol–water partition coefficient (Wildman–Crippen LogP) is 7.08. The molecular formula is C27H32F6N2O3S. The molecule has 2 aromatic carbocycles. The largest absolute Gasteiger partial charge is 0.416 e. The van der Waals surface area contributed by atoms with E-state index in [9.17, 15) is 34.8 Å².